The molecule has 0 saturated carbocycles. The summed E-state index contributed by atoms with van der Waals surface area (Å²) >= 11 is 1.74. The third kappa shape index (κ3) is 3.54. The highest BCUT2D eigenvalue weighted by atomic mass is 32.2. The summed E-state index contributed by atoms with van der Waals surface area (Å²) in [6, 6.07) is 17.0. The van der Waals surface area contributed by atoms with Crippen LogP contribution in [0.3, 0.4) is 0 Å². The van der Waals surface area contributed by atoms with Gasteiger partial charge in [0, 0.05) is 17.4 Å². The molecule has 0 atom stereocenters. The third-order valence-corrected chi connectivity index (χ3v) is 5.13. The number of rotatable bonds is 5. The van der Waals surface area contributed by atoms with E-state index >= 15 is 0 Å². The van der Waals surface area contributed by atoms with E-state index in [1.807, 2.05) is 6.07 Å². The van der Waals surface area contributed by atoms with Crippen LogP contribution < -0.4 is 0 Å². The Morgan fingerprint density at radius 2 is 1.71 bits per heavy atom. The third-order valence-electron chi connectivity index (χ3n) is 4.13. The highest BCUT2D eigenvalue weighted by molar-refractivity contribution is 7.98. The Bertz CT molecular complexity index is 822. The van der Waals surface area contributed by atoms with E-state index in [0.29, 0.717) is 5.92 Å². The summed E-state index contributed by atoms with van der Waals surface area (Å²) in [6.07, 6.45) is 0. The molecule has 3 nitrogen and oxygen atoms in total. The van der Waals surface area contributed by atoms with Crippen LogP contribution in [0.4, 0.5) is 0 Å². The van der Waals surface area contributed by atoms with Crippen molar-refractivity contribution in [2.75, 3.05) is 0 Å². The van der Waals surface area contributed by atoms with Crippen molar-refractivity contribution in [3.8, 4) is 5.69 Å². The summed E-state index contributed by atoms with van der Waals surface area (Å²) in [5, 5.41) is 9.82. The summed E-state index contributed by atoms with van der Waals surface area (Å²) in [4.78, 5) is 0. The summed E-state index contributed by atoms with van der Waals surface area (Å²) in [6.45, 7) is 8.61. The minimum atomic E-state index is 0.327. The van der Waals surface area contributed by atoms with Gasteiger partial charge in [-0.2, -0.15) is 0 Å². The topological polar surface area (TPSA) is 30.7 Å². The van der Waals surface area contributed by atoms with Crippen molar-refractivity contribution in [2.24, 2.45) is 0 Å². The van der Waals surface area contributed by atoms with Gasteiger partial charge in [-0.3, -0.25) is 4.57 Å². The van der Waals surface area contributed by atoms with Gasteiger partial charge in [-0.25, -0.2) is 0 Å². The van der Waals surface area contributed by atoms with Crippen molar-refractivity contribution < 1.29 is 0 Å². The lowest BCUT2D eigenvalue weighted by Gasteiger charge is -2.12. The minimum absolute atomic E-state index is 0.327. The maximum Gasteiger partial charge on any atom is 0.196 e. The lowest BCUT2D eigenvalue weighted by molar-refractivity contribution is 0.732. The first-order chi connectivity index (χ1) is 11.6. The molecule has 0 unspecified atom stereocenters. The molecule has 1 aromatic heterocycles. The van der Waals surface area contributed by atoms with Crippen molar-refractivity contribution in [1.29, 1.82) is 0 Å². The van der Waals surface area contributed by atoms with Gasteiger partial charge in [-0.15, -0.1) is 10.2 Å². The molecule has 0 spiro atoms. The van der Waals surface area contributed by atoms with Crippen molar-refractivity contribution in [1.82, 2.24) is 14.8 Å². The molecule has 124 valence electrons. The first-order valence-electron chi connectivity index (χ1n) is 8.26. The standard InChI is InChI=1S/C20H23N3S/c1-14(2)19-21-22-20(23(19)18-8-6-5-7-9-18)24-13-17-11-10-15(3)16(4)12-17/h5-12,14H,13H2,1-4H3. The molecule has 0 bridgehead atoms. The van der Waals surface area contributed by atoms with E-state index in [1.165, 1.54) is 16.7 Å². The number of benzene rings is 2. The molecule has 2 aromatic carbocycles. The van der Waals surface area contributed by atoms with Crippen LogP contribution in [-0.4, -0.2) is 14.8 Å². The molecule has 0 aliphatic carbocycles. The molecule has 24 heavy (non-hydrogen) atoms. The van der Waals surface area contributed by atoms with Gasteiger partial charge in [-0.05, 0) is 42.7 Å². The molecule has 3 rings (SSSR count). The Kier molecular flexibility index (Phi) is 5.05. The first-order valence-corrected chi connectivity index (χ1v) is 9.24. The van der Waals surface area contributed by atoms with Gasteiger partial charge >= 0.3 is 0 Å². The Morgan fingerprint density at radius 1 is 0.958 bits per heavy atom. The number of thioether (sulfide) groups is 1. The van der Waals surface area contributed by atoms with E-state index in [9.17, 15) is 0 Å². The zero-order chi connectivity index (χ0) is 17.1. The number of hydrogen-bond donors (Lipinski definition) is 0. The SMILES string of the molecule is Cc1ccc(CSc2nnc(C(C)C)n2-c2ccccc2)cc1C. The van der Waals surface area contributed by atoms with Gasteiger partial charge in [0.25, 0.3) is 0 Å². The average Bonchev–Trinajstić information content (AvgIpc) is 3.01. The Hall–Kier alpha value is -2.07. The first kappa shape index (κ1) is 16.8. The predicted octanol–water partition coefficient (Wildman–Crippen LogP) is 5.30. The second-order valence-electron chi connectivity index (χ2n) is 6.37. The van der Waals surface area contributed by atoms with Crippen molar-refractivity contribution in [2.45, 2.75) is 44.5 Å². The number of para-hydroxylation sites is 1. The van der Waals surface area contributed by atoms with Crippen LogP contribution in [0.1, 0.15) is 42.3 Å². The molecule has 0 aliphatic rings. The van der Waals surface area contributed by atoms with Crippen LogP contribution in [0.25, 0.3) is 5.69 Å². The second-order valence-corrected chi connectivity index (χ2v) is 7.32. The second kappa shape index (κ2) is 7.22. The summed E-state index contributed by atoms with van der Waals surface area (Å²) < 4.78 is 2.18. The molecule has 0 aliphatic heterocycles. The van der Waals surface area contributed by atoms with E-state index in [2.05, 4.69) is 84.9 Å². The molecular weight excluding hydrogens is 314 g/mol. The molecular formula is C20H23N3S. The van der Waals surface area contributed by atoms with Crippen LogP contribution in [0.15, 0.2) is 53.7 Å². The van der Waals surface area contributed by atoms with Gasteiger partial charge in [0.05, 0.1) is 0 Å². The van der Waals surface area contributed by atoms with Gasteiger partial charge < -0.3 is 0 Å². The summed E-state index contributed by atoms with van der Waals surface area (Å²) in [5.74, 6) is 2.22. The Morgan fingerprint density at radius 3 is 2.38 bits per heavy atom. The van der Waals surface area contributed by atoms with Gasteiger partial charge in [0.2, 0.25) is 0 Å². The smallest absolute Gasteiger partial charge is 0.196 e. The minimum Gasteiger partial charge on any atom is -0.274 e. The van der Waals surface area contributed by atoms with Gasteiger partial charge in [0.1, 0.15) is 5.82 Å². The molecule has 0 saturated heterocycles. The zero-order valence-corrected chi connectivity index (χ0v) is 15.5. The van der Waals surface area contributed by atoms with Gasteiger partial charge in [0.15, 0.2) is 5.16 Å². The van der Waals surface area contributed by atoms with E-state index in [0.717, 1.165) is 22.4 Å². The van der Waals surface area contributed by atoms with Crippen LogP contribution in [0.2, 0.25) is 0 Å². The zero-order valence-electron chi connectivity index (χ0n) is 14.7. The molecule has 0 fully saturated rings. The largest absolute Gasteiger partial charge is 0.274 e. The van der Waals surface area contributed by atoms with E-state index in [4.69, 9.17) is 0 Å². The monoisotopic (exact) mass is 337 g/mol. The van der Waals surface area contributed by atoms with Crippen molar-refractivity contribution in [3.63, 3.8) is 0 Å². The normalized spacial score (nSPS) is 11.2. The maximum atomic E-state index is 4.44. The average molecular weight is 337 g/mol. The van der Waals surface area contributed by atoms with Crippen molar-refractivity contribution in [3.05, 3.63) is 71.0 Å². The number of aryl methyl sites for hydroxylation is 2. The van der Waals surface area contributed by atoms with Crippen LogP contribution in [-0.2, 0) is 5.75 Å². The highest BCUT2D eigenvalue weighted by Gasteiger charge is 2.16. The lowest BCUT2D eigenvalue weighted by Crippen LogP contribution is -2.04. The lowest BCUT2D eigenvalue weighted by atomic mass is 10.1. The number of hydrogen-bond acceptors (Lipinski definition) is 3. The fraction of sp³-hybridized carbons (Fsp3) is 0.300. The van der Waals surface area contributed by atoms with E-state index in [1.54, 1.807) is 11.8 Å². The maximum absolute atomic E-state index is 4.44. The molecule has 3 aromatic rings. The summed E-state index contributed by atoms with van der Waals surface area (Å²) in [5.41, 5.74) is 5.10. The van der Waals surface area contributed by atoms with Crippen LogP contribution in [0.5, 0.6) is 0 Å². The number of aromatic nitrogens is 3. The van der Waals surface area contributed by atoms with Crippen LogP contribution >= 0.6 is 11.8 Å². The fourth-order valence-electron chi connectivity index (χ4n) is 2.61. The van der Waals surface area contributed by atoms with Gasteiger partial charge in [-0.1, -0.05) is 62.0 Å². The van der Waals surface area contributed by atoms with Crippen LogP contribution in [0, 0.1) is 13.8 Å². The molecule has 0 N–H and O–H groups in total. The van der Waals surface area contributed by atoms with E-state index in [-0.39, 0.29) is 0 Å². The predicted molar refractivity (Wildman–Crippen MR) is 101 cm³/mol. The highest BCUT2D eigenvalue weighted by Crippen LogP contribution is 2.28. The number of nitrogens with zero attached hydrogens (tertiary/aromatic N) is 3. The summed E-state index contributed by atoms with van der Waals surface area (Å²) in [7, 11) is 0. The van der Waals surface area contributed by atoms with Crippen molar-refractivity contribution >= 4 is 11.8 Å². The Labute approximate surface area is 148 Å². The fourth-order valence-corrected chi connectivity index (χ4v) is 3.51. The molecule has 4 heteroatoms. The quantitative estimate of drug-likeness (QED) is 0.592. The molecule has 1 heterocycles. The molecule has 0 amide bonds. The van der Waals surface area contributed by atoms with E-state index < -0.39 is 0 Å². The Balaban J connectivity index is 1.89. The molecule has 0 radical (unpaired) electrons.